The average molecular weight is 189 g/mol. The molecule has 0 bridgehead atoms. The Kier molecular flexibility index (Phi) is 3.73. The van der Waals surface area contributed by atoms with E-state index in [-0.39, 0.29) is 0 Å². The number of hydrogen-bond acceptors (Lipinski definition) is 2. The highest BCUT2D eigenvalue weighted by Gasteiger charge is 1.98. The van der Waals surface area contributed by atoms with Crippen molar-refractivity contribution in [1.29, 1.82) is 0 Å². The van der Waals surface area contributed by atoms with Crippen LogP contribution in [0.2, 0.25) is 0 Å². The zero-order valence-corrected chi connectivity index (χ0v) is 8.33. The van der Waals surface area contributed by atoms with Gasteiger partial charge in [-0.25, -0.2) is 4.98 Å². The highest BCUT2D eigenvalue weighted by atomic mass is 15.0. The van der Waals surface area contributed by atoms with E-state index >= 15 is 0 Å². The molecule has 0 radical (unpaired) electrons. The summed E-state index contributed by atoms with van der Waals surface area (Å²) < 4.78 is 0. The van der Waals surface area contributed by atoms with Gasteiger partial charge in [-0.3, -0.25) is 0 Å². The number of nitrogen functional groups attached to an aromatic ring is 1. The molecule has 0 fully saturated rings. The molecule has 0 saturated carbocycles. The summed E-state index contributed by atoms with van der Waals surface area (Å²) in [5.41, 5.74) is 7.66. The Labute approximate surface area is 84.1 Å². The van der Waals surface area contributed by atoms with Crippen LogP contribution < -0.4 is 5.73 Å². The summed E-state index contributed by atoms with van der Waals surface area (Å²) in [5.74, 6) is 0.457. The molecule has 14 heavy (non-hydrogen) atoms. The highest BCUT2D eigenvalue weighted by molar-refractivity contribution is 5.29. The van der Waals surface area contributed by atoms with Crippen molar-refractivity contribution in [2.45, 2.75) is 13.3 Å². The summed E-state index contributed by atoms with van der Waals surface area (Å²) in [6.45, 7) is 5.65. The number of anilines is 1. The van der Waals surface area contributed by atoms with Gasteiger partial charge in [0.25, 0.3) is 0 Å². The average Bonchev–Trinajstić information content (AvgIpc) is 2.52. The van der Waals surface area contributed by atoms with Crippen LogP contribution in [-0.4, -0.2) is 9.97 Å². The fourth-order valence-electron chi connectivity index (χ4n) is 1.23. The Morgan fingerprint density at radius 1 is 1.71 bits per heavy atom. The van der Waals surface area contributed by atoms with Gasteiger partial charge < -0.3 is 10.7 Å². The quantitative estimate of drug-likeness (QED) is 0.713. The number of hydrogen-bond donors (Lipinski definition) is 2. The van der Waals surface area contributed by atoms with Gasteiger partial charge in [0.1, 0.15) is 0 Å². The molecular weight excluding hydrogens is 174 g/mol. The molecule has 3 heteroatoms. The number of aromatic amines is 1. The third-order valence-electron chi connectivity index (χ3n) is 1.76. The van der Waals surface area contributed by atoms with Crippen LogP contribution in [0.25, 0.3) is 0 Å². The summed E-state index contributed by atoms with van der Waals surface area (Å²) in [5, 5.41) is 0. The Morgan fingerprint density at radius 3 is 3.00 bits per heavy atom. The van der Waals surface area contributed by atoms with Crippen molar-refractivity contribution in [2.24, 2.45) is 0 Å². The third-order valence-corrected chi connectivity index (χ3v) is 1.76. The molecule has 0 aliphatic carbocycles. The zero-order chi connectivity index (χ0) is 10.4. The largest absolute Gasteiger partial charge is 0.369 e. The van der Waals surface area contributed by atoms with Gasteiger partial charge in [-0.1, -0.05) is 30.9 Å². The molecule has 1 heterocycles. The first-order valence-corrected chi connectivity index (χ1v) is 4.50. The molecule has 0 atom stereocenters. The first-order valence-electron chi connectivity index (χ1n) is 4.50. The van der Waals surface area contributed by atoms with E-state index in [0.29, 0.717) is 5.95 Å². The van der Waals surface area contributed by atoms with Crippen LogP contribution in [0.4, 0.5) is 5.95 Å². The molecule has 74 valence electrons. The van der Waals surface area contributed by atoms with Gasteiger partial charge in [-0.2, -0.15) is 0 Å². The fourth-order valence-corrected chi connectivity index (χ4v) is 1.23. The van der Waals surface area contributed by atoms with E-state index in [4.69, 9.17) is 5.73 Å². The molecule has 0 aliphatic heterocycles. The lowest BCUT2D eigenvalue weighted by Crippen LogP contribution is -1.90. The molecule has 1 aromatic heterocycles. The van der Waals surface area contributed by atoms with E-state index in [1.807, 2.05) is 25.2 Å². The van der Waals surface area contributed by atoms with E-state index < -0.39 is 0 Å². The minimum atomic E-state index is 0.457. The van der Waals surface area contributed by atoms with Crippen molar-refractivity contribution in [3.63, 3.8) is 0 Å². The number of rotatable bonds is 4. The van der Waals surface area contributed by atoms with E-state index in [9.17, 15) is 0 Å². The van der Waals surface area contributed by atoms with Crippen molar-refractivity contribution in [1.82, 2.24) is 9.97 Å². The Bertz CT molecular complexity index is 358. The van der Waals surface area contributed by atoms with Crippen molar-refractivity contribution < 1.29 is 0 Å². The monoisotopic (exact) mass is 189 g/mol. The molecule has 0 aromatic carbocycles. The highest BCUT2D eigenvalue weighted by Crippen LogP contribution is 2.08. The van der Waals surface area contributed by atoms with Crippen LogP contribution in [0.5, 0.6) is 0 Å². The predicted molar refractivity (Wildman–Crippen MR) is 59.8 cm³/mol. The number of aromatic nitrogens is 2. The van der Waals surface area contributed by atoms with Gasteiger partial charge in [0.2, 0.25) is 0 Å². The second kappa shape index (κ2) is 5.07. The van der Waals surface area contributed by atoms with Gasteiger partial charge in [-0.15, -0.1) is 0 Å². The lowest BCUT2D eigenvalue weighted by molar-refractivity contribution is 1.11. The van der Waals surface area contributed by atoms with Crippen molar-refractivity contribution in [3.05, 3.63) is 48.3 Å². The molecular formula is C11H15N3. The van der Waals surface area contributed by atoms with Crippen molar-refractivity contribution in [3.8, 4) is 0 Å². The smallest absolute Gasteiger partial charge is 0.197 e. The zero-order valence-electron chi connectivity index (χ0n) is 8.33. The van der Waals surface area contributed by atoms with Crippen LogP contribution >= 0.6 is 0 Å². The van der Waals surface area contributed by atoms with Gasteiger partial charge in [0.05, 0.1) is 6.20 Å². The first kappa shape index (κ1) is 10.3. The van der Waals surface area contributed by atoms with Crippen LogP contribution in [0.15, 0.2) is 42.7 Å². The SMILES string of the molecule is C=C/C=C(\C=C/C)Cc1cnc(N)[nH]1. The Hall–Kier alpha value is -1.77. The second-order valence-corrected chi connectivity index (χ2v) is 2.95. The van der Waals surface area contributed by atoms with Crippen molar-refractivity contribution >= 4 is 5.95 Å². The fraction of sp³-hybridized carbons (Fsp3) is 0.182. The van der Waals surface area contributed by atoms with E-state index in [2.05, 4.69) is 16.5 Å². The number of nitrogens with two attached hydrogens (primary N) is 1. The number of imidazole rings is 1. The predicted octanol–water partition coefficient (Wildman–Crippen LogP) is 2.22. The van der Waals surface area contributed by atoms with Gasteiger partial charge in [0.15, 0.2) is 5.95 Å². The van der Waals surface area contributed by atoms with Gasteiger partial charge >= 0.3 is 0 Å². The minimum Gasteiger partial charge on any atom is -0.369 e. The van der Waals surface area contributed by atoms with Crippen molar-refractivity contribution in [2.75, 3.05) is 5.73 Å². The molecule has 0 saturated heterocycles. The summed E-state index contributed by atoms with van der Waals surface area (Å²) in [4.78, 5) is 6.92. The van der Waals surface area contributed by atoms with E-state index in [0.717, 1.165) is 12.1 Å². The summed E-state index contributed by atoms with van der Waals surface area (Å²) in [6, 6.07) is 0. The maximum absolute atomic E-state index is 5.48. The van der Waals surface area contributed by atoms with Crippen LogP contribution in [0, 0.1) is 0 Å². The number of nitrogens with one attached hydrogen (secondary N) is 1. The lowest BCUT2D eigenvalue weighted by atomic mass is 10.1. The first-order chi connectivity index (χ1) is 6.76. The molecule has 0 unspecified atom stereocenters. The molecule has 1 aromatic rings. The third kappa shape index (κ3) is 2.94. The molecule has 0 spiro atoms. The maximum atomic E-state index is 5.48. The molecule has 0 amide bonds. The number of allylic oxidation sites excluding steroid dienone is 5. The van der Waals surface area contributed by atoms with Crippen LogP contribution in [0.3, 0.4) is 0 Å². The normalized spacial score (nSPS) is 12.2. The number of nitrogens with zero attached hydrogens (tertiary/aromatic N) is 1. The summed E-state index contributed by atoms with van der Waals surface area (Å²) in [6.07, 6.45) is 10.3. The maximum Gasteiger partial charge on any atom is 0.197 e. The summed E-state index contributed by atoms with van der Waals surface area (Å²) >= 11 is 0. The Morgan fingerprint density at radius 2 is 2.50 bits per heavy atom. The molecule has 3 N–H and O–H groups in total. The standard InChI is InChI=1S/C11H15N3/c1-3-5-9(6-4-2)7-10-8-13-11(12)14-10/h3-6,8H,1,7H2,2H3,(H3,12,13,14)/b6-4-,9-5+. The van der Waals surface area contributed by atoms with Crippen LogP contribution in [-0.2, 0) is 6.42 Å². The lowest BCUT2D eigenvalue weighted by Gasteiger charge is -1.97. The second-order valence-electron chi connectivity index (χ2n) is 2.95. The molecule has 1 rings (SSSR count). The van der Waals surface area contributed by atoms with E-state index in [1.54, 1.807) is 12.3 Å². The molecule has 3 nitrogen and oxygen atoms in total. The summed E-state index contributed by atoms with van der Waals surface area (Å²) in [7, 11) is 0. The van der Waals surface area contributed by atoms with Crippen LogP contribution in [0.1, 0.15) is 12.6 Å². The van der Waals surface area contributed by atoms with Gasteiger partial charge in [-0.05, 0) is 12.5 Å². The minimum absolute atomic E-state index is 0.457. The van der Waals surface area contributed by atoms with E-state index in [1.165, 1.54) is 5.57 Å². The van der Waals surface area contributed by atoms with Gasteiger partial charge in [0, 0.05) is 12.1 Å². The Balaban J connectivity index is 2.74. The number of H-pyrrole nitrogens is 1. The topological polar surface area (TPSA) is 54.7 Å². The molecule has 0 aliphatic rings.